The fraction of sp³-hybridized carbons (Fsp3) is 0.500. The number of nitrogens with zero attached hydrogens (tertiary/aromatic N) is 1. The largest absolute Gasteiger partial charge is 0.331 e. The smallest absolute Gasteiger partial charge is 0.226 e. The third-order valence-corrected chi connectivity index (χ3v) is 1.58. The Morgan fingerprint density at radius 2 is 2.62 bits per heavy atom. The summed E-state index contributed by atoms with van der Waals surface area (Å²) in [5.74, 6) is 0.418. The zero-order valence-electron chi connectivity index (χ0n) is 7.58. The molecular weight excluding hydrogens is 168 g/mol. The second-order valence-corrected chi connectivity index (χ2v) is 3.00. The highest BCUT2D eigenvalue weighted by Gasteiger charge is 2.04. The molecule has 1 aromatic heterocycles. The Morgan fingerprint density at radius 1 is 1.85 bits per heavy atom. The van der Waals surface area contributed by atoms with Crippen LogP contribution in [0.1, 0.15) is 19.8 Å². The Hall–Kier alpha value is -1.36. The number of nitrogens with two attached hydrogens (primary N) is 1. The molecule has 0 aliphatic carbocycles. The van der Waals surface area contributed by atoms with Gasteiger partial charge in [0.2, 0.25) is 11.9 Å². The summed E-state index contributed by atoms with van der Waals surface area (Å²) in [6, 6.07) is 0.0577. The quantitative estimate of drug-likeness (QED) is 0.633. The van der Waals surface area contributed by atoms with Crippen molar-refractivity contribution in [3.05, 3.63) is 12.4 Å². The van der Waals surface area contributed by atoms with E-state index in [0.717, 1.165) is 0 Å². The maximum Gasteiger partial charge on any atom is 0.226 e. The van der Waals surface area contributed by atoms with Crippen LogP contribution in [0.15, 0.2) is 12.4 Å². The van der Waals surface area contributed by atoms with Crippen LogP contribution in [-0.2, 0) is 4.79 Å². The summed E-state index contributed by atoms with van der Waals surface area (Å²) >= 11 is 0. The van der Waals surface area contributed by atoms with Crippen LogP contribution in [0.2, 0.25) is 0 Å². The fourth-order valence-electron chi connectivity index (χ4n) is 0.887. The SMILES string of the molecule is CC(N)CCC(=O)Nc1ncc[nH]1. The van der Waals surface area contributed by atoms with Crippen molar-refractivity contribution in [2.24, 2.45) is 5.73 Å². The highest BCUT2D eigenvalue weighted by Crippen LogP contribution is 1.99. The van der Waals surface area contributed by atoms with Crippen LogP contribution < -0.4 is 11.1 Å². The van der Waals surface area contributed by atoms with E-state index in [1.54, 1.807) is 12.4 Å². The van der Waals surface area contributed by atoms with Gasteiger partial charge in [0.05, 0.1) is 0 Å². The van der Waals surface area contributed by atoms with Crippen LogP contribution in [0.3, 0.4) is 0 Å². The number of anilines is 1. The molecule has 0 radical (unpaired) electrons. The van der Waals surface area contributed by atoms with Gasteiger partial charge >= 0.3 is 0 Å². The first-order valence-electron chi connectivity index (χ1n) is 4.23. The van der Waals surface area contributed by atoms with Crippen LogP contribution >= 0.6 is 0 Å². The topological polar surface area (TPSA) is 83.8 Å². The van der Waals surface area contributed by atoms with Crippen LogP contribution in [-0.4, -0.2) is 21.9 Å². The molecule has 0 saturated carbocycles. The molecule has 1 aromatic rings. The number of imidazole rings is 1. The number of aromatic amines is 1. The molecule has 1 unspecified atom stereocenters. The highest BCUT2D eigenvalue weighted by molar-refractivity contribution is 5.88. The maximum absolute atomic E-state index is 11.2. The number of hydrogen-bond donors (Lipinski definition) is 3. The molecule has 0 aliphatic heterocycles. The van der Waals surface area contributed by atoms with Gasteiger partial charge in [-0.05, 0) is 13.3 Å². The minimum absolute atomic E-state index is 0.0577. The molecule has 5 nitrogen and oxygen atoms in total. The summed E-state index contributed by atoms with van der Waals surface area (Å²) in [7, 11) is 0. The molecule has 1 amide bonds. The molecule has 0 fully saturated rings. The third kappa shape index (κ3) is 3.71. The molecule has 5 heteroatoms. The van der Waals surface area contributed by atoms with Gasteiger partial charge in [0, 0.05) is 24.9 Å². The van der Waals surface area contributed by atoms with E-state index in [1.807, 2.05) is 6.92 Å². The zero-order chi connectivity index (χ0) is 9.68. The van der Waals surface area contributed by atoms with Gasteiger partial charge in [-0.2, -0.15) is 0 Å². The predicted octanol–water partition coefficient (Wildman–Crippen LogP) is 0.476. The summed E-state index contributed by atoms with van der Waals surface area (Å²) in [5.41, 5.74) is 5.51. The van der Waals surface area contributed by atoms with Crippen molar-refractivity contribution in [2.75, 3.05) is 5.32 Å². The zero-order valence-corrected chi connectivity index (χ0v) is 7.58. The van der Waals surface area contributed by atoms with Crippen LogP contribution in [0, 0.1) is 0 Å². The van der Waals surface area contributed by atoms with E-state index in [0.29, 0.717) is 18.8 Å². The van der Waals surface area contributed by atoms with E-state index in [4.69, 9.17) is 5.73 Å². The molecule has 0 bridgehead atoms. The molecule has 72 valence electrons. The van der Waals surface area contributed by atoms with Gasteiger partial charge in [0.25, 0.3) is 0 Å². The Labute approximate surface area is 76.7 Å². The molecule has 0 aliphatic rings. The van der Waals surface area contributed by atoms with Gasteiger partial charge in [-0.15, -0.1) is 0 Å². The summed E-state index contributed by atoms with van der Waals surface area (Å²) in [6.07, 6.45) is 4.35. The van der Waals surface area contributed by atoms with Crippen molar-refractivity contribution >= 4 is 11.9 Å². The van der Waals surface area contributed by atoms with E-state index in [9.17, 15) is 4.79 Å². The van der Waals surface area contributed by atoms with Crippen molar-refractivity contribution in [1.82, 2.24) is 9.97 Å². The third-order valence-electron chi connectivity index (χ3n) is 1.58. The first-order valence-corrected chi connectivity index (χ1v) is 4.23. The number of nitrogens with one attached hydrogen (secondary N) is 2. The Morgan fingerprint density at radius 3 is 3.15 bits per heavy atom. The van der Waals surface area contributed by atoms with Crippen molar-refractivity contribution in [3.63, 3.8) is 0 Å². The van der Waals surface area contributed by atoms with Gasteiger partial charge in [0.15, 0.2) is 0 Å². The summed E-state index contributed by atoms with van der Waals surface area (Å²) < 4.78 is 0. The number of carbonyl (C=O) groups excluding carboxylic acids is 1. The Balaban J connectivity index is 2.26. The van der Waals surface area contributed by atoms with E-state index >= 15 is 0 Å². The van der Waals surface area contributed by atoms with Crippen molar-refractivity contribution in [1.29, 1.82) is 0 Å². The van der Waals surface area contributed by atoms with E-state index in [-0.39, 0.29) is 11.9 Å². The summed E-state index contributed by atoms with van der Waals surface area (Å²) in [5, 5.41) is 2.62. The van der Waals surface area contributed by atoms with E-state index < -0.39 is 0 Å². The maximum atomic E-state index is 11.2. The second kappa shape index (κ2) is 4.61. The fourth-order valence-corrected chi connectivity index (χ4v) is 0.887. The molecule has 13 heavy (non-hydrogen) atoms. The van der Waals surface area contributed by atoms with E-state index in [2.05, 4.69) is 15.3 Å². The minimum Gasteiger partial charge on any atom is -0.331 e. The van der Waals surface area contributed by atoms with Crippen LogP contribution in [0.5, 0.6) is 0 Å². The van der Waals surface area contributed by atoms with Crippen molar-refractivity contribution in [2.45, 2.75) is 25.8 Å². The lowest BCUT2D eigenvalue weighted by atomic mass is 10.2. The van der Waals surface area contributed by atoms with E-state index in [1.165, 1.54) is 0 Å². The van der Waals surface area contributed by atoms with Gasteiger partial charge < -0.3 is 10.7 Å². The normalized spacial score (nSPS) is 12.5. The molecule has 0 saturated heterocycles. The van der Waals surface area contributed by atoms with Crippen LogP contribution in [0.25, 0.3) is 0 Å². The number of rotatable bonds is 4. The average molecular weight is 182 g/mol. The number of aromatic nitrogens is 2. The Kier molecular flexibility index (Phi) is 3.45. The number of amides is 1. The van der Waals surface area contributed by atoms with Gasteiger partial charge in [0.1, 0.15) is 0 Å². The molecule has 1 rings (SSSR count). The second-order valence-electron chi connectivity index (χ2n) is 3.00. The lowest BCUT2D eigenvalue weighted by Crippen LogP contribution is -2.19. The van der Waals surface area contributed by atoms with Crippen molar-refractivity contribution in [3.8, 4) is 0 Å². The number of hydrogen-bond acceptors (Lipinski definition) is 3. The standard InChI is InChI=1S/C8H14N4O/c1-6(9)2-3-7(13)12-8-10-4-5-11-8/h4-6H,2-3,9H2,1H3,(H2,10,11,12,13). The molecule has 4 N–H and O–H groups in total. The first-order chi connectivity index (χ1) is 6.18. The lowest BCUT2D eigenvalue weighted by Gasteiger charge is -2.03. The Bertz CT molecular complexity index is 255. The highest BCUT2D eigenvalue weighted by atomic mass is 16.1. The molecule has 1 heterocycles. The van der Waals surface area contributed by atoms with Crippen LogP contribution in [0.4, 0.5) is 5.95 Å². The molecule has 0 aromatic carbocycles. The summed E-state index contributed by atoms with van der Waals surface area (Å²) in [6.45, 7) is 1.88. The lowest BCUT2D eigenvalue weighted by molar-refractivity contribution is -0.116. The number of carbonyl (C=O) groups is 1. The summed E-state index contributed by atoms with van der Waals surface area (Å²) in [4.78, 5) is 17.8. The molecular formula is C8H14N4O. The molecule has 0 spiro atoms. The number of H-pyrrole nitrogens is 1. The average Bonchev–Trinajstić information content (AvgIpc) is 2.53. The minimum atomic E-state index is -0.0627. The van der Waals surface area contributed by atoms with Gasteiger partial charge in [-0.1, -0.05) is 0 Å². The first kappa shape index (κ1) is 9.73. The van der Waals surface area contributed by atoms with Gasteiger partial charge in [-0.3, -0.25) is 10.1 Å². The molecule has 1 atom stereocenters. The monoisotopic (exact) mass is 182 g/mol. The van der Waals surface area contributed by atoms with Gasteiger partial charge in [-0.25, -0.2) is 4.98 Å². The van der Waals surface area contributed by atoms with Crippen molar-refractivity contribution < 1.29 is 4.79 Å². The predicted molar refractivity (Wildman–Crippen MR) is 50.1 cm³/mol.